The fraction of sp³-hybridized carbons (Fsp3) is 0.586. The molecule has 0 aliphatic heterocycles. The molecule has 0 aromatic carbocycles. The summed E-state index contributed by atoms with van der Waals surface area (Å²) < 4.78 is 11.9. The molecule has 178 valence electrons. The molecule has 0 N–H and O–H groups in total. The molecule has 2 bridgehead atoms. The van der Waals surface area contributed by atoms with E-state index in [1.165, 1.54) is 25.3 Å². The maximum Gasteiger partial charge on any atom is 0.331 e. The first kappa shape index (κ1) is 23.8. The lowest BCUT2D eigenvalue weighted by Gasteiger charge is -2.42. The van der Waals surface area contributed by atoms with Crippen LogP contribution in [0.25, 0.3) is 0 Å². The van der Waals surface area contributed by atoms with Gasteiger partial charge in [-0.3, -0.25) is 4.79 Å². The number of esters is 2. The fourth-order valence-electron chi connectivity index (χ4n) is 6.35. The molecule has 0 aromatic heterocycles. The largest absolute Gasteiger partial charge is 0.458 e. The van der Waals surface area contributed by atoms with Gasteiger partial charge in [-0.2, -0.15) is 0 Å². The monoisotopic (exact) mass is 450 g/mol. The first-order valence-electron chi connectivity index (χ1n) is 12.8. The molecule has 0 aromatic rings. The van der Waals surface area contributed by atoms with Crippen molar-refractivity contribution in [3.63, 3.8) is 0 Å². The number of unbranched alkanes of at least 4 members (excludes halogenated alkanes) is 1. The van der Waals surface area contributed by atoms with Crippen molar-refractivity contribution in [1.29, 1.82) is 0 Å². The molecule has 7 unspecified atom stereocenters. The van der Waals surface area contributed by atoms with Crippen molar-refractivity contribution < 1.29 is 19.1 Å². The van der Waals surface area contributed by atoms with E-state index in [1.807, 2.05) is 36.5 Å². The van der Waals surface area contributed by atoms with E-state index in [1.54, 1.807) is 6.08 Å². The zero-order chi connectivity index (χ0) is 23.2. The minimum atomic E-state index is -0.369. The number of hydrogen-bond acceptors (Lipinski definition) is 4. The molecule has 3 saturated carbocycles. The molecular formula is C29H38O4. The van der Waals surface area contributed by atoms with Gasteiger partial charge in [0.25, 0.3) is 0 Å². The van der Waals surface area contributed by atoms with Crippen molar-refractivity contribution in [2.75, 3.05) is 0 Å². The van der Waals surface area contributed by atoms with Crippen molar-refractivity contribution >= 4 is 11.9 Å². The molecular weight excluding hydrogens is 412 g/mol. The van der Waals surface area contributed by atoms with E-state index < -0.39 is 0 Å². The number of carbonyl (C=O) groups is 2. The molecule has 33 heavy (non-hydrogen) atoms. The second kappa shape index (κ2) is 11.2. The van der Waals surface area contributed by atoms with Gasteiger partial charge in [-0.15, -0.1) is 0 Å². The van der Waals surface area contributed by atoms with Crippen LogP contribution in [0, 0.1) is 29.6 Å². The van der Waals surface area contributed by atoms with Gasteiger partial charge in [0.05, 0.1) is 5.92 Å². The lowest BCUT2D eigenvalue weighted by molar-refractivity contribution is -0.176. The highest BCUT2D eigenvalue weighted by Crippen LogP contribution is 2.58. The van der Waals surface area contributed by atoms with Gasteiger partial charge < -0.3 is 9.47 Å². The van der Waals surface area contributed by atoms with Crippen molar-refractivity contribution in [3.05, 3.63) is 60.8 Å². The second-order valence-corrected chi connectivity index (χ2v) is 10.2. The van der Waals surface area contributed by atoms with Gasteiger partial charge in [0, 0.05) is 6.08 Å². The van der Waals surface area contributed by atoms with Crippen molar-refractivity contribution in [2.45, 2.75) is 76.9 Å². The highest BCUT2D eigenvalue weighted by Gasteiger charge is 2.53. The van der Waals surface area contributed by atoms with Crippen molar-refractivity contribution in [1.82, 2.24) is 0 Å². The summed E-state index contributed by atoms with van der Waals surface area (Å²) in [5, 5.41) is 0. The number of rotatable bonds is 9. The average molecular weight is 451 g/mol. The molecule has 0 radical (unpaired) electrons. The van der Waals surface area contributed by atoms with Crippen LogP contribution in [0.1, 0.15) is 64.7 Å². The minimum absolute atomic E-state index is 0.202. The molecule has 4 aliphatic carbocycles. The van der Waals surface area contributed by atoms with E-state index in [4.69, 9.17) is 9.47 Å². The Balaban J connectivity index is 1.37. The SMILES string of the molecule is C=C(/C=C\C=C\C(=O)OC1CC2C3CCC(C3)C2CC1OC(=O)C1C=CC=CC1)CCCC. The fourth-order valence-corrected chi connectivity index (χ4v) is 6.35. The first-order valence-corrected chi connectivity index (χ1v) is 12.8. The topological polar surface area (TPSA) is 52.6 Å². The smallest absolute Gasteiger partial charge is 0.331 e. The second-order valence-electron chi connectivity index (χ2n) is 10.2. The van der Waals surface area contributed by atoms with E-state index in [-0.39, 0.29) is 30.1 Å². The average Bonchev–Trinajstić information content (AvgIpc) is 3.43. The summed E-state index contributed by atoms with van der Waals surface area (Å²) in [6.45, 7) is 6.19. The standard InChI is InChI=1S/C29H38O4/c1-3-4-10-20(2)11-8-9-14-28(30)32-26-18-24-22-15-16-23(17-22)25(24)19-27(26)33-29(31)21-12-6-5-7-13-21/h5-9,11-12,14,21-27H,2-4,10,13,15-19H2,1H3/b11-8-,14-9+. The van der Waals surface area contributed by atoms with Crippen molar-refractivity contribution in [3.8, 4) is 0 Å². The van der Waals surface area contributed by atoms with Gasteiger partial charge in [-0.1, -0.05) is 68.0 Å². The molecule has 4 nitrogen and oxygen atoms in total. The molecule has 4 rings (SSSR count). The Morgan fingerprint density at radius 1 is 0.970 bits per heavy atom. The van der Waals surface area contributed by atoms with Gasteiger partial charge in [0.15, 0.2) is 0 Å². The van der Waals surface area contributed by atoms with Crippen LogP contribution >= 0.6 is 0 Å². The summed E-state index contributed by atoms with van der Waals surface area (Å²) in [5.41, 5.74) is 1.06. The molecule has 3 fully saturated rings. The number of ether oxygens (including phenoxy) is 2. The number of hydrogen-bond donors (Lipinski definition) is 0. The van der Waals surface area contributed by atoms with Gasteiger partial charge in [0.1, 0.15) is 12.2 Å². The van der Waals surface area contributed by atoms with Crippen LogP contribution in [0.3, 0.4) is 0 Å². The third-order valence-corrected chi connectivity index (χ3v) is 8.04. The predicted octanol–water partition coefficient (Wildman–Crippen LogP) is 6.26. The summed E-state index contributed by atoms with van der Waals surface area (Å²) in [4.78, 5) is 25.4. The third-order valence-electron chi connectivity index (χ3n) is 8.04. The van der Waals surface area contributed by atoms with Crippen molar-refractivity contribution in [2.24, 2.45) is 29.6 Å². The molecule has 7 atom stereocenters. The van der Waals surface area contributed by atoms with Crippen LogP contribution in [0.15, 0.2) is 60.8 Å². The Kier molecular flexibility index (Phi) is 8.06. The lowest BCUT2D eigenvalue weighted by Crippen LogP contribution is -2.46. The van der Waals surface area contributed by atoms with Crippen LogP contribution in [0.4, 0.5) is 0 Å². The molecule has 0 spiro atoms. The van der Waals surface area contributed by atoms with Crippen LogP contribution in [-0.4, -0.2) is 24.1 Å². The van der Waals surface area contributed by atoms with E-state index in [9.17, 15) is 9.59 Å². The summed E-state index contributed by atoms with van der Waals surface area (Å²) in [5.74, 6) is 1.89. The Labute approximate surface area is 198 Å². The molecule has 4 heteroatoms. The summed E-state index contributed by atoms with van der Waals surface area (Å²) in [6, 6.07) is 0. The van der Waals surface area contributed by atoms with Crippen LogP contribution in [0.2, 0.25) is 0 Å². The number of carbonyl (C=O) groups excluding carboxylic acids is 2. The van der Waals surface area contributed by atoms with Crippen LogP contribution in [-0.2, 0) is 19.1 Å². The third kappa shape index (κ3) is 5.96. The molecule has 0 saturated heterocycles. The van der Waals surface area contributed by atoms with Gasteiger partial charge in [-0.25, -0.2) is 4.79 Å². The van der Waals surface area contributed by atoms with E-state index in [2.05, 4.69) is 13.5 Å². The minimum Gasteiger partial charge on any atom is -0.458 e. The van der Waals surface area contributed by atoms with E-state index >= 15 is 0 Å². The highest BCUT2D eigenvalue weighted by atomic mass is 16.6. The number of allylic oxidation sites excluding steroid dienone is 7. The zero-order valence-corrected chi connectivity index (χ0v) is 19.9. The highest BCUT2D eigenvalue weighted by molar-refractivity contribution is 5.82. The summed E-state index contributed by atoms with van der Waals surface area (Å²) in [6.07, 6.45) is 23.4. The van der Waals surface area contributed by atoms with E-state index in [0.29, 0.717) is 18.3 Å². The Hall–Kier alpha value is -2.36. The maximum atomic E-state index is 12.8. The molecule has 0 amide bonds. The van der Waals surface area contributed by atoms with Gasteiger partial charge in [0.2, 0.25) is 0 Å². The zero-order valence-electron chi connectivity index (χ0n) is 19.9. The Bertz CT molecular complexity index is 848. The van der Waals surface area contributed by atoms with E-state index in [0.717, 1.165) is 49.5 Å². The quantitative estimate of drug-likeness (QED) is 0.236. The van der Waals surface area contributed by atoms with Gasteiger partial charge >= 0.3 is 11.9 Å². The summed E-state index contributed by atoms with van der Waals surface area (Å²) in [7, 11) is 0. The van der Waals surface area contributed by atoms with Crippen LogP contribution < -0.4 is 0 Å². The molecule has 4 aliphatic rings. The Morgan fingerprint density at radius 3 is 2.33 bits per heavy atom. The Morgan fingerprint density at radius 2 is 1.67 bits per heavy atom. The first-order chi connectivity index (χ1) is 16.0. The normalized spacial score (nSPS) is 34.6. The predicted molar refractivity (Wildman–Crippen MR) is 130 cm³/mol. The molecule has 0 heterocycles. The number of fused-ring (bicyclic) bond motifs is 5. The maximum absolute atomic E-state index is 12.8. The summed E-state index contributed by atoms with van der Waals surface area (Å²) >= 11 is 0. The lowest BCUT2D eigenvalue weighted by atomic mass is 9.69. The van der Waals surface area contributed by atoms with Gasteiger partial charge in [-0.05, 0) is 75.0 Å². The van der Waals surface area contributed by atoms with Crippen LogP contribution in [0.5, 0.6) is 0 Å².